The molecule has 0 aliphatic rings. The van der Waals surface area contributed by atoms with Crippen LogP contribution in [0.2, 0.25) is 0 Å². The van der Waals surface area contributed by atoms with Crippen molar-refractivity contribution in [1.29, 1.82) is 0 Å². The minimum Gasteiger partial charge on any atom is -0.494 e. The highest BCUT2D eigenvalue weighted by Crippen LogP contribution is 2.23. The molecule has 0 radical (unpaired) electrons. The molecule has 8 nitrogen and oxygen atoms in total. The van der Waals surface area contributed by atoms with Crippen molar-refractivity contribution in [3.8, 4) is 17.4 Å². The molecule has 32 heavy (non-hydrogen) atoms. The summed E-state index contributed by atoms with van der Waals surface area (Å²) in [7, 11) is -3.64. The minimum atomic E-state index is -3.64. The standard InChI is InChI=1S/C23H25N3O5S/c1-3-26-32(28,29)21-7-5-6-18(15-21)23(27)25-16-17-12-13-24-22(14-17)31-20-10-8-19(9-11-20)30-4-2/h5-15,26H,3-4,16H2,1-2H3,(H,25,27). The highest BCUT2D eigenvalue weighted by atomic mass is 32.2. The Labute approximate surface area is 187 Å². The largest absolute Gasteiger partial charge is 0.494 e. The number of carbonyl (C=O) groups excluding carboxylic acids is 1. The van der Waals surface area contributed by atoms with Crippen LogP contribution in [0.25, 0.3) is 0 Å². The van der Waals surface area contributed by atoms with Crippen LogP contribution in [0.15, 0.2) is 71.8 Å². The van der Waals surface area contributed by atoms with Crippen LogP contribution in [0.1, 0.15) is 29.8 Å². The normalized spacial score (nSPS) is 11.1. The van der Waals surface area contributed by atoms with Gasteiger partial charge in [-0.2, -0.15) is 0 Å². The van der Waals surface area contributed by atoms with Crippen LogP contribution in [0.3, 0.4) is 0 Å². The van der Waals surface area contributed by atoms with Crippen LogP contribution in [0.4, 0.5) is 0 Å². The lowest BCUT2D eigenvalue weighted by atomic mass is 10.2. The second kappa shape index (κ2) is 10.7. The lowest BCUT2D eigenvalue weighted by molar-refractivity contribution is 0.0950. The number of aromatic nitrogens is 1. The number of hydrogen-bond acceptors (Lipinski definition) is 6. The van der Waals surface area contributed by atoms with Gasteiger partial charge in [-0.25, -0.2) is 18.1 Å². The number of hydrogen-bond donors (Lipinski definition) is 2. The van der Waals surface area contributed by atoms with Gasteiger partial charge in [-0.3, -0.25) is 4.79 Å². The number of benzene rings is 2. The number of carbonyl (C=O) groups is 1. The molecule has 0 aliphatic carbocycles. The first-order chi connectivity index (χ1) is 15.4. The van der Waals surface area contributed by atoms with E-state index in [1.165, 1.54) is 18.2 Å². The van der Waals surface area contributed by atoms with Gasteiger partial charge in [0.05, 0.1) is 11.5 Å². The summed E-state index contributed by atoms with van der Waals surface area (Å²) in [6.45, 7) is 4.69. The van der Waals surface area contributed by atoms with Gasteiger partial charge in [0.25, 0.3) is 5.91 Å². The second-order valence-corrected chi connectivity index (χ2v) is 8.49. The fourth-order valence-corrected chi connectivity index (χ4v) is 3.96. The summed E-state index contributed by atoms with van der Waals surface area (Å²) in [4.78, 5) is 16.8. The second-order valence-electron chi connectivity index (χ2n) is 6.72. The minimum absolute atomic E-state index is 0.0435. The van der Waals surface area contributed by atoms with Gasteiger partial charge in [0.1, 0.15) is 11.5 Å². The van der Waals surface area contributed by atoms with Gasteiger partial charge in [-0.05, 0) is 61.0 Å². The molecule has 1 aromatic heterocycles. The van der Waals surface area contributed by atoms with E-state index in [4.69, 9.17) is 9.47 Å². The number of pyridine rings is 1. The number of ether oxygens (including phenoxy) is 2. The van der Waals surface area contributed by atoms with E-state index in [9.17, 15) is 13.2 Å². The summed E-state index contributed by atoms with van der Waals surface area (Å²) >= 11 is 0. The van der Waals surface area contributed by atoms with E-state index in [0.29, 0.717) is 18.2 Å². The zero-order valence-electron chi connectivity index (χ0n) is 17.9. The zero-order valence-corrected chi connectivity index (χ0v) is 18.7. The quantitative estimate of drug-likeness (QED) is 0.485. The Balaban J connectivity index is 1.63. The van der Waals surface area contributed by atoms with Crippen molar-refractivity contribution in [2.24, 2.45) is 0 Å². The molecule has 2 N–H and O–H groups in total. The maximum absolute atomic E-state index is 12.5. The van der Waals surface area contributed by atoms with Gasteiger partial charge in [0, 0.05) is 30.9 Å². The molecular weight excluding hydrogens is 430 g/mol. The van der Waals surface area contributed by atoms with Crippen LogP contribution >= 0.6 is 0 Å². The molecule has 0 bridgehead atoms. The van der Waals surface area contributed by atoms with Gasteiger partial charge < -0.3 is 14.8 Å². The van der Waals surface area contributed by atoms with Gasteiger partial charge in [-0.15, -0.1) is 0 Å². The third-order valence-electron chi connectivity index (χ3n) is 4.35. The smallest absolute Gasteiger partial charge is 0.251 e. The van der Waals surface area contributed by atoms with Crippen LogP contribution in [-0.2, 0) is 16.6 Å². The Hall–Kier alpha value is -3.43. The predicted octanol–water partition coefficient (Wildman–Crippen LogP) is 3.50. The molecule has 3 aromatic rings. The van der Waals surface area contributed by atoms with Crippen LogP contribution in [0, 0.1) is 0 Å². The summed E-state index contributed by atoms with van der Waals surface area (Å²) < 4.78 is 37.9. The van der Waals surface area contributed by atoms with Crippen molar-refractivity contribution < 1.29 is 22.7 Å². The summed E-state index contributed by atoms with van der Waals surface area (Å²) in [6.07, 6.45) is 1.59. The van der Waals surface area contributed by atoms with Crippen LogP contribution in [-0.4, -0.2) is 32.5 Å². The van der Waals surface area contributed by atoms with E-state index in [1.54, 1.807) is 43.5 Å². The van der Waals surface area contributed by atoms with Crippen LogP contribution in [0.5, 0.6) is 17.4 Å². The average Bonchev–Trinajstić information content (AvgIpc) is 2.79. The molecule has 2 aromatic carbocycles. The Morgan fingerprint density at radius 2 is 1.75 bits per heavy atom. The van der Waals surface area contributed by atoms with E-state index in [-0.39, 0.29) is 29.5 Å². The molecule has 0 saturated carbocycles. The number of sulfonamides is 1. The number of rotatable bonds is 10. The fourth-order valence-electron chi connectivity index (χ4n) is 2.87. The molecule has 9 heteroatoms. The number of nitrogens with one attached hydrogen (secondary N) is 2. The summed E-state index contributed by atoms with van der Waals surface area (Å²) in [5.74, 6) is 1.37. The first-order valence-corrected chi connectivity index (χ1v) is 11.6. The molecule has 1 heterocycles. The molecule has 0 aliphatic heterocycles. The van der Waals surface area contributed by atoms with E-state index in [0.717, 1.165) is 11.3 Å². The van der Waals surface area contributed by atoms with Gasteiger partial charge in [0.2, 0.25) is 15.9 Å². The first kappa shape index (κ1) is 23.2. The molecule has 168 valence electrons. The fraction of sp³-hybridized carbons (Fsp3) is 0.217. The lowest BCUT2D eigenvalue weighted by Gasteiger charge is -2.10. The summed E-state index contributed by atoms with van der Waals surface area (Å²) in [5.41, 5.74) is 1.04. The molecule has 0 spiro atoms. The topological polar surface area (TPSA) is 107 Å². The van der Waals surface area contributed by atoms with E-state index in [2.05, 4.69) is 15.0 Å². The third-order valence-corrected chi connectivity index (χ3v) is 5.89. The zero-order chi connectivity index (χ0) is 23.0. The van der Waals surface area contributed by atoms with Crippen molar-refractivity contribution >= 4 is 15.9 Å². The van der Waals surface area contributed by atoms with Crippen molar-refractivity contribution in [3.63, 3.8) is 0 Å². The molecule has 0 saturated heterocycles. The molecule has 0 fully saturated rings. The lowest BCUT2D eigenvalue weighted by Crippen LogP contribution is -2.25. The molecule has 1 amide bonds. The Bertz CT molecular complexity index is 1160. The highest BCUT2D eigenvalue weighted by molar-refractivity contribution is 7.89. The van der Waals surface area contributed by atoms with E-state index in [1.807, 2.05) is 19.1 Å². The van der Waals surface area contributed by atoms with E-state index >= 15 is 0 Å². The third kappa shape index (κ3) is 6.29. The summed E-state index contributed by atoms with van der Waals surface area (Å²) in [6, 6.07) is 16.6. The number of nitrogens with zero attached hydrogens (tertiary/aromatic N) is 1. The predicted molar refractivity (Wildman–Crippen MR) is 120 cm³/mol. The van der Waals surface area contributed by atoms with Gasteiger partial charge in [-0.1, -0.05) is 13.0 Å². The molecule has 0 atom stereocenters. The SMILES string of the molecule is CCNS(=O)(=O)c1cccc(C(=O)NCc2ccnc(Oc3ccc(OCC)cc3)c2)c1. The van der Waals surface area contributed by atoms with E-state index < -0.39 is 10.0 Å². The Morgan fingerprint density at radius 3 is 2.47 bits per heavy atom. The van der Waals surface area contributed by atoms with Gasteiger partial charge >= 0.3 is 0 Å². The van der Waals surface area contributed by atoms with Crippen molar-refractivity contribution in [2.75, 3.05) is 13.2 Å². The van der Waals surface area contributed by atoms with Crippen molar-refractivity contribution in [2.45, 2.75) is 25.3 Å². The summed E-state index contributed by atoms with van der Waals surface area (Å²) in [5, 5.41) is 2.78. The number of amides is 1. The molecular formula is C23H25N3O5S. The average molecular weight is 456 g/mol. The highest BCUT2D eigenvalue weighted by Gasteiger charge is 2.15. The van der Waals surface area contributed by atoms with Crippen molar-refractivity contribution in [3.05, 3.63) is 78.0 Å². The molecule has 0 unspecified atom stereocenters. The van der Waals surface area contributed by atoms with Crippen LogP contribution < -0.4 is 19.5 Å². The Kier molecular flexibility index (Phi) is 7.80. The molecule has 3 rings (SSSR count). The first-order valence-electron chi connectivity index (χ1n) is 10.1. The monoisotopic (exact) mass is 455 g/mol. The van der Waals surface area contributed by atoms with Gasteiger partial charge in [0.15, 0.2) is 0 Å². The van der Waals surface area contributed by atoms with Crippen molar-refractivity contribution in [1.82, 2.24) is 15.0 Å². The Morgan fingerprint density at radius 1 is 1.00 bits per heavy atom. The maximum atomic E-state index is 12.5. The maximum Gasteiger partial charge on any atom is 0.251 e.